The Morgan fingerprint density at radius 2 is 1.87 bits per heavy atom. The van der Waals surface area contributed by atoms with Crippen molar-refractivity contribution in [3.8, 4) is 0 Å². The van der Waals surface area contributed by atoms with Gasteiger partial charge < -0.3 is 0 Å². The highest BCUT2D eigenvalue weighted by molar-refractivity contribution is 5.86. The van der Waals surface area contributed by atoms with Crippen LogP contribution in [0.3, 0.4) is 0 Å². The summed E-state index contributed by atoms with van der Waals surface area (Å²) in [6, 6.07) is 0. The number of allylic oxidation sites excluding steroid dienone is 10. The Hall–Kier alpha value is -1.96. The number of ketones is 2. The van der Waals surface area contributed by atoms with E-state index in [-0.39, 0.29) is 11.8 Å². The Kier molecular flexibility index (Phi) is 5.76. The Labute approximate surface area is 180 Å². The maximum Gasteiger partial charge on any atom is 0.140 e. The standard InChI is InChI=1S/C28H34O2/c29-23-13-5-9-20(16-23)17-27(30)26-18-25-22(15-19-7-1-2-8-19)12-6-14-24(25)28(26)21-10-3-4-11-21/h1-4,7,10,18,20,22,24,26,28H,5-6,8-9,11-17H2. The number of fused-ring (bicyclic) bond motifs is 1. The molecule has 2 nitrogen and oxygen atoms in total. The smallest absolute Gasteiger partial charge is 0.140 e. The molecule has 158 valence electrons. The van der Waals surface area contributed by atoms with Crippen LogP contribution < -0.4 is 0 Å². The lowest BCUT2D eigenvalue weighted by atomic mass is 9.69. The molecular formula is C28H34O2. The first-order valence-corrected chi connectivity index (χ1v) is 12.1. The molecule has 0 saturated heterocycles. The number of hydrogen-bond acceptors (Lipinski definition) is 2. The van der Waals surface area contributed by atoms with Crippen LogP contribution in [0, 0.1) is 29.6 Å². The third kappa shape index (κ3) is 3.98. The number of Topliss-reactive ketones (excluding diaryl/α,β-unsaturated/α-hetero) is 2. The van der Waals surface area contributed by atoms with Crippen molar-refractivity contribution in [1.82, 2.24) is 0 Å². The second-order valence-corrected chi connectivity index (χ2v) is 10.2. The van der Waals surface area contributed by atoms with Gasteiger partial charge in [0, 0.05) is 31.1 Å². The molecule has 5 atom stereocenters. The monoisotopic (exact) mass is 402 g/mol. The van der Waals surface area contributed by atoms with E-state index in [2.05, 4.69) is 42.5 Å². The average molecular weight is 403 g/mol. The Bertz CT molecular complexity index is 865. The van der Waals surface area contributed by atoms with Gasteiger partial charge in [-0.15, -0.1) is 0 Å². The normalized spacial score (nSPS) is 35.3. The van der Waals surface area contributed by atoms with Crippen molar-refractivity contribution in [2.45, 2.75) is 70.6 Å². The molecule has 0 aromatic rings. The van der Waals surface area contributed by atoms with Gasteiger partial charge in [-0.3, -0.25) is 9.59 Å². The largest absolute Gasteiger partial charge is 0.300 e. The summed E-state index contributed by atoms with van der Waals surface area (Å²) in [5, 5.41) is 0. The van der Waals surface area contributed by atoms with Gasteiger partial charge in [-0.25, -0.2) is 0 Å². The van der Waals surface area contributed by atoms with E-state index in [1.54, 1.807) is 11.1 Å². The van der Waals surface area contributed by atoms with Gasteiger partial charge >= 0.3 is 0 Å². The SMILES string of the molecule is O=C1CCCC(CC(=O)C2C=C3C(CC4=CC=CC4)CCCC3C2C2=CC=CC2)C1. The van der Waals surface area contributed by atoms with Gasteiger partial charge in [0.05, 0.1) is 0 Å². The van der Waals surface area contributed by atoms with Crippen molar-refractivity contribution < 1.29 is 9.59 Å². The zero-order chi connectivity index (χ0) is 20.5. The summed E-state index contributed by atoms with van der Waals surface area (Å²) in [7, 11) is 0. The van der Waals surface area contributed by atoms with Crippen LogP contribution in [-0.4, -0.2) is 11.6 Å². The van der Waals surface area contributed by atoms with E-state index in [0.29, 0.717) is 48.6 Å². The van der Waals surface area contributed by atoms with Crippen molar-refractivity contribution >= 4 is 11.6 Å². The Balaban J connectivity index is 1.37. The van der Waals surface area contributed by atoms with Crippen LogP contribution in [-0.2, 0) is 9.59 Å². The van der Waals surface area contributed by atoms with E-state index in [0.717, 1.165) is 32.1 Å². The van der Waals surface area contributed by atoms with Crippen LogP contribution in [0.4, 0.5) is 0 Å². The fraction of sp³-hybridized carbons (Fsp3) is 0.571. The molecule has 0 N–H and O–H groups in total. The Morgan fingerprint density at radius 1 is 1.00 bits per heavy atom. The predicted molar refractivity (Wildman–Crippen MR) is 121 cm³/mol. The third-order valence-corrected chi connectivity index (χ3v) is 8.19. The van der Waals surface area contributed by atoms with E-state index >= 15 is 0 Å². The molecule has 2 saturated carbocycles. The van der Waals surface area contributed by atoms with E-state index in [1.165, 1.54) is 24.8 Å². The van der Waals surface area contributed by atoms with Crippen molar-refractivity contribution in [3.05, 3.63) is 59.3 Å². The summed E-state index contributed by atoms with van der Waals surface area (Å²) >= 11 is 0. The minimum absolute atomic E-state index is 0.0319. The summed E-state index contributed by atoms with van der Waals surface area (Å²) in [6.07, 6.45) is 26.8. The molecule has 0 heterocycles. The summed E-state index contributed by atoms with van der Waals surface area (Å²) in [6.45, 7) is 0. The molecule has 5 aliphatic rings. The van der Waals surface area contributed by atoms with Crippen molar-refractivity contribution in [3.63, 3.8) is 0 Å². The van der Waals surface area contributed by atoms with E-state index in [9.17, 15) is 9.59 Å². The van der Waals surface area contributed by atoms with Crippen LogP contribution in [0.15, 0.2) is 59.3 Å². The third-order valence-electron chi connectivity index (χ3n) is 8.19. The molecule has 0 radical (unpaired) electrons. The molecular weight excluding hydrogens is 368 g/mol. The lowest BCUT2D eigenvalue weighted by Crippen LogP contribution is -2.29. The zero-order valence-corrected chi connectivity index (χ0v) is 18.0. The van der Waals surface area contributed by atoms with Crippen molar-refractivity contribution in [2.24, 2.45) is 29.6 Å². The van der Waals surface area contributed by atoms with Crippen LogP contribution in [0.1, 0.15) is 70.6 Å². The fourth-order valence-electron chi connectivity index (χ4n) is 6.81. The highest BCUT2D eigenvalue weighted by atomic mass is 16.1. The minimum Gasteiger partial charge on any atom is -0.300 e. The van der Waals surface area contributed by atoms with Gasteiger partial charge in [0.25, 0.3) is 0 Å². The van der Waals surface area contributed by atoms with Crippen molar-refractivity contribution in [2.75, 3.05) is 0 Å². The topological polar surface area (TPSA) is 34.1 Å². The Morgan fingerprint density at radius 3 is 2.63 bits per heavy atom. The zero-order valence-electron chi connectivity index (χ0n) is 18.0. The van der Waals surface area contributed by atoms with Crippen LogP contribution in [0.5, 0.6) is 0 Å². The maximum absolute atomic E-state index is 13.6. The van der Waals surface area contributed by atoms with Gasteiger partial charge in [0.1, 0.15) is 11.6 Å². The lowest BCUT2D eigenvalue weighted by Gasteiger charge is -2.35. The molecule has 0 aromatic carbocycles. The fourth-order valence-corrected chi connectivity index (χ4v) is 6.81. The summed E-state index contributed by atoms with van der Waals surface area (Å²) in [5.41, 5.74) is 4.60. The molecule has 2 fully saturated rings. The number of carbonyl (C=O) groups excluding carboxylic acids is 2. The molecule has 0 aromatic heterocycles. The van der Waals surface area contributed by atoms with E-state index in [4.69, 9.17) is 0 Å². The minimum atomic E-state index is 0.0319. The molecule has 0 amide bonds. The van der Waals surface area contributed by atoms with Gasteiger partial charge in [-0.1, -0.05) is 65.7 Å². The van der Waals surface area contributed by atoms with Gasteiger partial charge in [0.15, 0.2) is 0 Å². The van der Waals surface area contributed by atoms with Crippen LogP contribution in [0.25, 0.3) is 0 Å². The predicted octanol–water partition coefficient (Wildman–Crippen LogP) is 6.46. The first kappa shape index (κ1) is 20.0. The highest BCUT2D eigenvalue weighted by Crippen LogP contribution is 2.53. The summed E-state index contributed by atoms with van der Waals surface area (Å²) in [5.74, 6) is 2.59. The number of carbonyl (C=O) groups is 2. The van der Waals surface area contributed by atoms with Crippen LogP contribution >= 0.6 is 0 Å². The van der Waals surface area contributed by atoms with Crippen LogP contribution in [0.2, 0.25) is 0 Å². The van der Waals surface area contributed by atoms with Gasteiger partial charge in [-0.05, 0) is 62.7 Å². The molecule has 0 aliphatic heterocycles. The molecule has 5 rings (SSSR count). The first-order valence-electron chi connectivity index (χ1n) is 12.1. The number of hydrogen-bond donors (Lipinski definition) is 0. The second-order valence-electron chi connectivity index (χ2n) is 10.2. The molecule has 0 spiro atoms. The summed E-state index contributed by atoms with van der Waals surface area (Å²) < 4.78 is 0. The number of rotatable bonds is 6. The van der Waals surface area contributed by atoms with Crippen molar-refractivity contribution in [1.29, 1.82) is 0 Å². The molecule has 5 unspecified atom stereocenters. The maximum atomic E-state index is 13.6. The lowest BCUT2D eigenvalue weighted by molar-refractivity contribution is -0.125. The highest BCUT2D eigenvalue weighted by Gasteiger charge is 2.45. The average Bonchev–Trinajstić information content (AvgIpc) is 3.48. The van der Waals surface area contributed by atoms with Gasteiger partial charge in [0.2, 0.25) is 0 Å². The second kappa shape index (κ2) is 8.65. The van der Waals surface area contributed by atoms with Gasteiger partial charge in [-0.2, -0.15) is 0 Å². The van der Waals surface area contributed by atoms with E-state index in [1.807, 2.05) is 0 Å². The molecule has 30 heavy (non-hydrogen) atoms. The molecule has 5 aliphatic carbocycles. The summed E-state index contributed by atoms with van der Waals surface area (Å²) in [4.78, 5) is 25.5. The quantitative estimate of drug-likeness (QED) is 0.478. The van der Waals surface area contributed by atoms with E-state index < -0.39 is 0 Å². The molecule has 0 bridgehead atoms. The molecule has 2 heteroatoms. The first-order chi connectivity index (χ1) is 14.7.